The molecule has 2 amide bonds. The Morgan fingerprint density at radius 3 is 1.96 bits per heavy atom. The molecule has 1 aliphatic carbocycles. The molecule has 0 bridgehead atoms. The first-order chi connectivity index (χ1) is 32.4. The van der Waals surface area contributed by atoms with Gasteiger partial charge in [-0.25, -0.2) is 18.7 Å². The van der Waals surface area contributed by atoms with Gasteiger partial charge < -0.3 is 44.5 Å². The number of benzene rings is 5. The molecule has 0 spiro atoms. The molecule has 14 nitrogen and oxygen atoms in total. The van der Waals surface area contributed by atoms with E-state index < -0.39 is 17.1 Å². The van der Waals surface area contributed by atoms with Crippen molar-refractivity contribution in [2.45, 2.75) is 25.7 Å². The van der Waals surface area contributed by atoms with Crippen molar-refractivity contribution in [3.8, 4) is 34.5 Å². The molecule has 2 fully saturated rings. The molecule has 1 aliphatic heterocycles. The number of ether oxygens (including phenoxy) is 5. The monoisotopic (exact) mass is 975 g/mol. The van der Waals surface area contributed by atoms with E-state index in [1.165, 1.54) is 36.7 Å². The summed E-state index contributed by atoms with van der Waals surface area (Å²) in [6, 6.07) is 26.1. The summed E-state index contributed by atoms with van der Waals surface area (Å²) in [5.74, 6) is 2.98. The molecule has 2 aromatic heterocycles. The highest BCUT2D eigenvalue weighted by Crippen LogP contribution is 2.48. The van der Waals surface area contributed by atoms with Crippen molar-refractivity contribution >= 4 is 72.4 Å². The number of methoxy groups -OCH3 is 3. The molecule has 346 valence electrons. The average Bonchev–Trinajstić information content (AvgIpc) is 4.16. The number of hydrogen-bond donors (Lipinski definition) is 3. The van der Waals surface area contributed by atoms with Crippen LogP contribution in [0.1, 0.15) is 25.7 Å². The Kier molecular flexibility index (Phi) is 14.3. The highest BCUT2D eigenvalue weighted by molar-refractivity contribution is 9.10. The molecule has 3 N–H and O–H groups in total. The molecule has 0 atom stereocenters. The second kappa shape index (κ2) is 20.6. The van der Waals surface area contributed by atoms with Crippen molar-refractivity contribution in [3.63, 3.8) is 0 Å². The van der Waals surface area contributed by atoms with Crippen LogP contribution in [0.3, 0.4) is 0 Å². The molecule has 0 radical (unpaired) electrons. The number of aromatic nitrogens is 3. The molecular formula is C50H48BrF2N7O7. The van der Waals surface area contributed by atoms with Gasteiger partial charge in [-0.15, -0.1) is 0 Å². The van der Waals surface area contributed by atoms with Crippen LogP contribution >= 0.6 is 15.9 Å². The predicted molar refractivity (Wildman–Crippen MR) is 256 cm³/mol. The number of nitrogens with one attached hydrogen (secondary N) is 3. The van der Waals surface area contributed by atoms with Crippen LogP contribution in [0.15, 0.2) is 114 Å². The number of amides is 2. The van der Waals surface area contributed by atoms with E-state index in [9.17, 15) is 18.4 Å². The fourth-order valence-corrected chi connectivity index (χ4v) is 7.91. The van der Waals surface area contributed by atoms with Crippen LogP contribution < -0.4 is 39.6 Å². The number of anilines is 4. The Labute approximate surface area is 394 Å². The van der Waals surface area contributed by atoms with E-state index in [-0.39, 0.29) is 11.7 Å². The lowest BCUT2D eigenvalue weighted by atomic mass is 9.98. The molecule has 3 heterocycles. The summed E-state index contributed by atoms with van der Waals surface area (Å²) >= 11 is 3.27. The zero-order valence-corrected chi connectivity index (χ0v) is 38.8. The van der Waals surface area contributed by atoms with Crippen molar-refractivity contribution in [2.24, 2.45) is 11.3 Å². The number of carbonyl (C=O) groups is 2. The van der Waals surface area contributed by atoms with Crippen LogP contribution in [-0.2, 0) is 9.59 Å². The SMILES string of the molecule is COc1cc2c(Nc3ccc(Br)cc3F)ncnc2cc1OCC1CCN(C)CC1.COc1cc2nccc(Oc3ccc(NC(=O)C4(C(=O)Nc5ccc(F)cc5)CC4)cc3)c2cc1OC. The minimum Gasteiger partial charge on any atom is -0.493 e. The van der Waals surface area contributed by atoms with Crippen LogP contribution in [0.5, 0.6) is 34.5 Å². The van der Waals surface area contributed by atoms with Crippen LogP contribution in [-0.4, -0.2) is 79.7 Å². The van der Waals surface area contributed by atoms with E-state index in [1.807, 2.05) is 12.1 Å². The number of halogens is 3. The normalized spacial score (nSPS) is 14.3. The molecule has 2 aliphatic rings. The zero-order valence-electron chi connectivity index (χ0n) is 37.2. The predicted octanol–water partition coefficient (Wildman–Crippen LogP) is 10.5. The molecule has 9 rings (SSSR count). The lowest BCUT2D eigenvalue weighted by Gasteiger charge is -2.28. The first-order valence-electron chi connectivity index (χ1n) is 21.5. The lowest BCUT2D eigenvalue weighted by Crippen LogP contribution is -2.35. The van der Waals surface area contributed by atoms with Gasteiger partial charge in [0.2, 0.25) is 11.8 Å². The minimum atomic E-state index is -1.14. The number of nitrogens with zero attached hydrogens (tertiary/aromatic N) is 4. The summed E-state index contributed by atoms with van der Waals surface area (Å²) in [4.78, 5) is 41.1. The summed E-state index contributed by atoms with van der Waals surface area (Å²) in [5.41, 5.74) is 1.55. The van der Waals surface area contributed by atoms with Gasteiger partial charge in [-0.2, -0.15) is 0 Å². The number of rotatable bonds is 14. The van der Waals surface area contributed by atoms with Gasteiger partial charge in [-0.1, -0.05) is 15.9 Å². The minimum absolute atomic E-state index is 0.333. The molecule has 1 saturated heterocycles. The number of hydrogen-bond acceptors (Lipinski definition) is 12. The van der Waals surface area contributed by atoms with E-state index in [2.05, 4.69) is 58.8 Å². The van der Waals surface area contributed by atoms with Crippen molar-refractivity contribution in [3.05, 3.63) is 126 Å². The second-order valence-corrected chi connectivity index (χ2v) is 17.1. The number of piperidine rings is 1. The summed E-state index contributed by atoms with van der Waals surface area (Å²) in [7, 11) is 6.88. The Hall–Kier alpha value is -7.11. The Bertz CT molecular complexity index is 2900. The molecule has 7 aromatic rings. The van der Waals surface area contributed by atoms with Gasteiger partial charge in [0.25, 0.3) is 0 Å². The lowest BCUT2D eigenvalue weighted by molar-refractivity contribution is -0.131. The third-order valence-electron chi connectivity index (χ3n) is 11.7. The number of carbonyl (C=O) groups excluding carboxylic acids is 2. The van der Waals surface area contributed by atoms with E-state index in [1.54, 1.807) is 82.1 Å². The van der Waals surface area contributed by atoms with Gasteiger partial charge in [0.1, 0.15) is 40.7 Å². The highest BCUT2D eigenvalue weighted by Gasteiger charge is 2.56. The first kappa shape index (κ1) is 46.4. The van der Waals surface area contributed by atoms with Crippen LogP contribution in [0, 0.1) is 23.0 Å². The third-order valence-corrected chi connectivity index (χ3v) is 12.2. The highest BCUT2D eigenvalue weighted by atomic mass is 79.9. The summed E-state index contributed by atoms with van der Waals surface area (Å²) < 4.78 is 56.5. The van der Waals surface area contributed by atoms with Crippen LogP contribution in [0.4, 0.5) is 31.7 Å². The van der Waals surface area contributed by atoms with Crippen molar-refractivity contribution in [2.75, 3.05) is 64.0 Å². The molecule has 5 aromatic carbocycles. The van der Waals surface area contributed by atoms with Crippen molar-refractivity contribution in [1.82, 2.24) is 19.9 Å². The summed E-state index contributed by atoms with van der Waals surface area (Å²) in [6.07, 6.45) is 6.23. The van der Waals surface area contributed by atoms with Crippen molar-refractivity contribution < 1.29 is 42.1 Å². The van der Waals surface area contributed by atoms with E-state index in [0.717, 1.165) is 36.7 Å². The fourth-order valence-electron chi connectivity index (χ4n) is 7.58. The Balaban J connectivity index is 0.000000186. The maximum absolute atomic E-state index is 14.3. The van der Waals surface area contributed by atoms with Crippen LogP contribution in [0.25, 0.3) is 21.8 Å². The number of fused-ring (bicyclic) bond motifs is 2. The molecular weight excluding hydrogens is 928 g/mol. The topological polar surface area (TPSA) is 158 Å². The maximum Gasteiger partial charge on any atom is 0.240 e. The first-order valence-corrected chi connectivity index (χ1v) is 22.3. The van der Waals surface area contributed by atoms with Gasteiger partial charge in [0.15, 0.2) is 23.0 Å². The standard InChI is InChI=1S/C28H24FN3O5.C22H24BrFN4O2/c1-35-24-15-21-22(16-25(24)36-2)30-14-11-23(21)37-20-9-7-19(8-10-20)32-27(34)28(12-13-28)26(33)31-18-5-3-17(29)4-6-18;1-28-7-5-14(6-8-28)12-30-21-11-19-16(10-20(21)29-2)22(26-13-25-19)27-18-4-3-15(23)9-17(18)24/h3-11,14-16H,12-13H2,1-2H3,(H,31,33)(H,32,34);3-4,9-11,13-14H,5-8,12H2,1-2H3,(H,25,26,27). The zero-order chi connectivity index (χ0) is 47.1. The fraction of sp³-hybridized carbons (Fsp3) is 0.260. The smallest absolute Gasteiger partial charge is 0.240 e. The third kappa shape index (κ3) is 11.0. The van der Waals surface area contributed by atoms with E-state index in [4.69, 9.17) is 23.7 Å². The summed E-state index contributed by atoms with van der Waals surface area (Å²) in [6.45, 7) is 2.84. The number of likely N-dealkylation sites (tertiary alicyclic amines) is 1. The molecule has 67 heavy (non-hydrogen) atoms. The quantitative estimate of drug-likeness (QED) is 0.0887. The Morgan fingerprint density at radius 1 is 0.716 bits per heavy atom. The summed E-state index contributed by atoms with van der Waals surface area (Å²) in [5, 5.41) is 10.0. The van der Waals surface area contributed by atoms with Gasteiger partial charge in [0.05, 0.1) is 44.7 Å². The van der Waals surface area contributed by atoms with Gasteiger partial charge >= 0.3 is 0 Å². The Morgan fingerprint density at radius 2 is 1.31 bits per heavy atom. The van der Waals surface area contributed by atoms with Crippen molar-refractivity contribution in [1.29, 1.82) is 0 Å². The molecule has 1 saturated carbocycles. The average molecular weight is 977 g/mol. The largest absolute Gasteiger partial charge is 0.493 e. The second-order valence-electron chi connectivity index (χ2n) is 16.2. The molecule has 17 heteroatoms. The maximum atomic E-state index is 14.3. The van der Waals surface area contributed by atoms with E-state index >= 15 is 0 Å². The van der Waals surface area contributed by atoms with Gasteiger partial charge in [-0.3, -0.25) is 14.6 Å². The van der Waals surface area contributed by atoms with Gasteiger partial charge in [0, 0.05) is 44.9 Å². The van der Waals surface area contributed by atoms with E-state index in [0.29, 0.717) is 98.2 Å². The number of pyridine rings is 1. The van der Waals surface area contributed by atoms with Gasteiger partial charge in [-0.05, 0) is 137 Å². The van der Waals surface area contributed by atoms with Crippen LogP contribution in [0.2, 0.25) is 0 Å². The molecule has 0 unspecified atom stereocenters.